The molecule has 0 radical (unpaired) electrons. The normalized spacial score (nSPS) is 10.2. The highest BCUT2D eigenvalue weighted by atomic mass is 35.5. The van der Waals surface area contributed by atoms with Crippen LogP contribution in [0.1, 0.15) is 15.9 Å². The number of hydrogen-bond donors (Lipinski definition) is 1. The van der Waals surface area contributed by atoms with E-state index in [-0.39, 0.29) is 22.0 Å². The lowest BCUT2D eigenvalue weighted by molar-refractivity contribution is -0.385. The standard InChI is InChI=1S/C14H10ClNO5/c1-8-6-10(3-4-12(8)16(19)20)21-13-5-2-9(15)7-11(13)14(17)18/h2-7H,1H3,(H,17,18). The number of carboxylic acid groups (broad SMARTS) is 1. The van der Waals surface area contributed by atoms with Crippen molar-refractivity contribution >= 4 is 23.3 Å². The summed E-state index contributed by atoms with van der Waals surface area (Å²) in [5, 5.41) is 20.1. The summed E-state index contributed by atoms with van der Waals surface area (Å²) in [6.45, 7) is 1.57. The minimum atomic E-state index is -1.17. The molecule has 7 heteroatoms. The van der Waals surface area contributed by atoms with E-state index in [2.05, 4.69) is 0 Å². The van der Waals surface area contributed by atoms with E-state index in [1.807, 2.05) is 0 Å². The Morgan fingerprint density at radius 2 is 2.00 bits per heavy atom. The molecule has 108 valence electrons. The van der Waals surface area contributed by atoms with Gasteiger partial charge in [-0.15, -0.1) is 0 Å². The van der Waals surface area contributed by atoms with Crippen LogP contribution in [0.25, 0.3) is 0 Å². The molecule has 0 aromatic heterocycles. The minimum absolute atomic E-state index is 0.0306. The van der Waals surface area contributed by atoms with Gasteiger partial charge in [0.05, 0.1) is 4.92 Å². The number of aryl methyl sites for hydroxylation is 1. The van der Waals surface area contributed by atoms with Gasteiger partial charge in [-0.25, -0.2) is 4.79 Å². The third-order valence-electron chi connectivity index (χ3n) is 2.76. The highest BCUT2D eigenvalue weighted by Crippen LogP contribution is 2.30. The average Bonchev–Trinajstić information content (AvgIpc) is 2.40. The summed E-state index contributed by atoms with van der Waals surface area (Å²) >= 11 is 5.75. The molecule has 0 amide bonds. The zero-order valence-electron chi connectivity index (χ0n) is 10.9. The van der Waals surface area contributed by atoms with E-state index in [1.54, 1.807) is 6.92 Å². The summed E-state index contributed by atoms with van der Waals surface area (Å²) in [7, 11) is 0. The highest BCUT2D eigenvalue weighted by Gasteiger charge is 2.15. The smallest absolute Gasteiger partial charge is 0.339 e. The third kappa shape index (κ3) is 3.29. The van der Waals surface area contributed by atoms with Crippen LogP contribution < -0.4 is 4.74 Å². The van der Waals surface area contributed by atoms with Gasteiger partial charge in [-0.3, -0.25) is 10.1 Å². The Labute approximate surface area is 124 Å². The van der Waals surface area contributed by atoms with Crippen LogP contribution in [0.2, 0.25) is 5.02 Å². The van der Waals surface area contributed by atoms with Crippen LogP contribution in [-0.4, -0.2) is 16.0 Å². The van der Waals surface area contributed by atoms with Gasteiger partial charge >= 0.3 is 5.97 Å². The average molecular weight is 308 g/mol. The molecule has 1 N–H and O–H groups in total. The van der Waals surface area contributed by atoms with Gasteiger partial charge in [0.1, 0.15) is 17.1 Å². The predicted molar refractivity (Wildman–Crippen MR) is 76.3 cm³/mol. The largest absolute Gasteiger partial charge is 0.478 e. The van der Waals surface area contributed by atoms with E-state index in [1.165, 1.54) is 36.4 Å². The third-order valence-corrected chi connectivity index (χ3v) is 3.00. The summed E-state index contributed by atoms with van der Waals surface area (Å²) < 4.78 is 5.48. The molecule has 21 heavy (non-hydrogen) atoms. The van der Waals surface area contributed by atoms with Crippen molar-refractivity contribution in [3.8, 4) is 11.5 Å². The first-order chi connectivity index (χ1) is 9.88. The molecule has 0 atom stereocenters. The van der Waals surface area contributed by atoms with Crippen LogP contribution in [-0.2, 0) is 0 Å². The fourth-order valence-corrected chi connectivity index (χ4v) is 1.95. The maximum atomic E-state index is 11.1. The van der Waals surface area contributed by atoms with Crippen LogP contribution in [0.4, 0.5) is 5.69 Å². The van der Waals surface area contributed by atoms with Crippen LogP contribution in [0, 0.1) is 17.0 Å². The number of carbonyl (C=O) groups is 1. The number of nitro benzene ring substituents is 1. The lowest BCUT2D eigenvalue weighted by Gasteiger charge is -2.09. The second-order valence-corrected chi connectivity index (χ2v) is 4.69. The maximum Gasteiger partial charge on any atom is 0.339 e. The van der Waals surface area contributed by atoms with Gasteiger partial charge in [0.2, 0.25) is 0 Å². The lowest BCUT2D eigenvalue weighted by Crippen LogP contribution is -2.00. The summed E-state index contributed by atoms with van der Waals surface area (Å²) in [6, 6.07) is 8.40. The maximum absolute atomic E-state index is 11.1. The fourth-order valence-electron chi connectivity index (χ4n) is 1.78. The number of rotatable bonds is 4. The lowest BCUT2D eigenvalue weighted by atomic mass is 10.2. The Balaban J connectivity index is 2.37. The molecule has 0 unspecified atom stereocenters. The van der Waals surface area contributed by atoms with Crippen molar-refractivity contribution in [3.05, 3.63) is 62.7 Å². The van der Waals surface area contributed by atoms with Gasteiger partial charge in [-0.1, -0.05) is 11.6 Å². The Hall–Kier alpha value is -2.60. The number of carboxylic acids is 1. The van der Waals surface area contributed by atoms with Gasteiger partial charge in [0, 0.05) is 16.7 Å². The number of benzene rings is 2. The van der Waals surface area contributed by atoms with Gasteiger partial charge in [-0.05, 0) is 37.3 Å². The Morgan fingerprint density at radius 3 is 2.57 bits per heavy atom. The Bertz CT molecular complexity index is 729. The number of nitro groups is 1. The van der Waals surface area contributed by atoms with Crippen LogP contribution in [0.15, 0.2) is 36.4 Å². The van der Waals surface area contributed by atoms with Gasteiger partial charge in [0.25, 0.3) is 5.69 Å². The molecule has 0 fully saturated rings. The molecular weight excluding hydrogens is 298 g/mol. The molecule has 2 rings (SSSR count). The summed E-state index contributed by atoms with van der Waals surface area (Å²) in [5.74, 6) is -0.755. The first kappa shape index (κ1) is 14.8. The highest BCUT2D eigenvalue weighted by molar-refractivity contribution is 6.31. The molecule has 0 aliphatic carbocycles. The first-order valence-electron chi connectivity index (χ1n) is 5.84. The Kier molecular flexibility index (Phi) is 4.09. The number of hydrogen-bond acceptors (Lipinski definition) is 4. The van der Waals surface area contributed by atoms with Crippen molar-refractivity contribution in [1.29, 1.82) is 0 Å². The number of ether oxygens (including phenoxy) is 1. The molecular formula is C14H10ClNO5. The van der Waals surface area contributed by atoms with E-state index in [0.29, 0.717) is 11.3 Å². The van der Waals surface area contributed by atoms with Crippen molar-refractivity contribution in [2.75, 3.05) is 0 Å². The number of nitrogens with zero attached hydrogens (tertiary/aromatic N) is 1. The second kappa shape index (κ2) is 5.80. The number of halogens is 1. The van der Waals surface area contributed by atoms with Crippen molar-refractivity contribution < 1.29 is 19.6 Å². The van der Waals surface area contributed by atoms with E-state index in [0.717, 1.165) is 0 Å². The van der Waals surface area contributed by atoms with Gasteiger partial charge < -0.3 is 9.84 Å². The van der Waals surface area contributed by atoms with Crippen LogP contribution >= 0.6 is 11.6 Å². The molecule has 2 aromatic rings. The van der Waals surface area contributed by atoms with Gasteiger partial charge in [0.15, 0.2) is 0 Å². The molecule has 0 bridgehead atoms. The topological polar surface area (TPSA) is 89.7 Å². The first-order valence-corrected chi connectivity index (χ1v) is 6.22. The van der Waals surface area contributed by atoms with Crippen LogP contribution in [0.5, 0.6) is 11.5 Å². The number of aromatic carboxylic acids is 1. The van der Waals surface area contributed by atoms with Crippen molar-refractivity contribution in [2.24, 2.45) is 0 Å². The molecule has 0 aliphatic heterocycles. The fraction of sp³-hybridized carbons (Fsp3) is 0.0714. The minimum Gasteiger partial charge on any atom is -0.478 e. The summed E-state index contributed by atoms with van der Waals surface area (Å²) in [6.07, 6.45) is 0. The van der Waals surface area contributed by atoms with Crippen molar-refractivity contribution in [3.63, 3.8) is 0 Å². The molecule has 2 aromatic carbocycles. The SMILES string of the molecule is Cc1cc(Oc2ccc(Cl)cc2C(=O)O)ccc1[N+](=O)[O-]. The molecule has 0 heterocycles. The van der Waals surface area contributed by atoms with Crippen molar-refractivity contribution in [2.45, 2.75) is 6.92 Å². The van der Waals surface area contributed by atoms with E-state index < -0.39 is 10.9 Å². The van der Waals surface area contributed by atoms with E-state index in [4.69, 9.17) is 21.4 Å². The summed E-state index contributed by atoms with van der Waals surface area (Å²) in [4.78, 5) is 21.4. The quantitative estimate of drug-likeness (QED) is 0.680. The zero-order chi connectivity index (χ0) is 15.6. The second-order valence-electron chi connectivity index (χ2n) is 4.25. The van der Waals surface area contributed by atoms with E-state index in [9.17, 15) is 14.9 Å². The molecule has 6 nitrogen and oxygen atoms in total. The zero-order valence-corrected chi connectivity index (χ0v) is 11.6. The van der Waals surface area contributed by atoms with Crippen LogP contribution in [0.3, 0.4) is 0 Å². The molecule has 0 aliphatic rings. The monoisotopic (exact) mass is 307 g/mol. The predicted octanol–water partition coefficient (Wildman–Crippen LogP) is 4.05. The molecule has 0 spiro atoms. The molecule has 0 saturated carbocycles. The molecule has 0 saturated heterocycles. The summed E-state index contributed by atoms with van der Waals surface area (Å²) in [5.41, 5.74) is 0.304. The van der Waals surface area contributed by atoms with E-state index >= 15 is 0 Å². The van der Waals surface area contributed by atoms with Gasteiger partial charge in [-0.2, -0.15) is 0 Å². The van der Waals surface area contributed by atoms with Crippen molar-refractivity contribution in [1.82, 2.24) is 0 Å². The Morgan fingerprint density at radius 1 is 1.29 bits per heavy atom.